The van der Waals surface area contributed by atoms with E-state index in [1.807, 2.05) is 0 Å². The fourth-order valence-electron chi connectivity index (χ4n) is 2.47. The average molecular weight is 466 g/mol. The van der Waals surface area contributed by atoms with Gasteiger partial charge in [-0.2, -0.15) is 0 Å². The van der Waals surface area contributed by atoms with Crippen LogP contribution in [0.4, 0.5) is 17.1 Å². The van der Waals surface area contributed by atoms with E-state index in [-0.39, 0.29) is 26.9 Å². The predicted octanol–water partition coefficient (Wildman–Crippen LogP) is 4.95. The zero-order chi connectivity index (χ0) is 21.9. The number of non-ortho nitro benzene ring substituents is 1. The van der Waals surface area contributed by atoms with Gasteiger partial charge in [-0.3, -0.25) is 19.6 Å². The molecule has 0 saturated carbocycles. The maximum Gasteiger partial charge on any atom is 0.271 e. The van der Waals surface area contributed by atoms with Gasteiger partial charge in [0.2, 0.25) is 0 Å². The average Bonchev–Trinajstić information content (AvgIpc) is 2.69. The summed E-state index contributed by atoms with van der Waals surface area (Å²) in [7, 11) is -4.14. The summed E-state index contributed by atoms with van der Waals surface area (Å²) in [5.74, 6) is -0.616. The van der Waals surface area contributed by atoms with E-state index < -0.39 is 20.9 Å². The number of amides is 1. The molecule has 30 heavy (non-hydrogen) atoms. The summed E-state index contributed by atoms with van der Waals surface area (Å²) in [5, 5.41) is 14.0. The molecule has 0 fully saturated rings. The second-order valence-electron chi connectivity index (χ2n) is 6.02. The number of rotatable bonds is 6. The first-order chi connectivity index (χ1) is 14.2. The Morgan fingerprint density at radius 3 is 2.30 bits per heavy atom. The summed E-state index contributed by atoms with van der Waals surface area (Å²) in [4.78, 5) is 22.6. The number of anilines is 2. The van der Waals surface area contributed by atoms with Crippen LogP contribution < -0.4 is 10.0 Å². The third kappa shape index (κ3) is 5.07. The molecule has 0 aliphatic heterocycles. The number of halogens is 2. The Morgan fingerprint density at radius 2 is 1.63 bits per heavy atom. The standard InChI is InChI=1S/C19H13Cl2N3O5S/c20-12-4-6-13(7-5-12)22-19(25)17-11-16(8-9-18(17)21)30(28,29)23-14-2-1-3-15(10-14)24(26)27/h1-11,23H,(H,22,25). The van der Waals surface area contributed by atoms with Crippen molar-refractivity contribution in [1.29, 1.82) is 0 Å². The molecule has 154 valence electrons. The normalized spacial score (nSPS) is 11.0. The summed E-state index contributed by atoms with van der Waals surface area (Å²) in [5.41, 5.74) is 0.123. The molecule has 0 heterocycles. The molecule has 3 aromatic carbocycles. The summed E-state index contributed by atoms with van der Waals surface area (Å²) in [6.07, 6.45) is 0. The maximum absolute atomic E-state index is 12.7. The third-order valence-electron chi connectivity index (χ3n) is 3.90. The number of hydrogen-bond acceptors (Lipinski definition) is 5. The predicted molar refractivity (Wildman–Crippen MR) is 115 cm³/mol. The summed E-state index contributed by atoms with van der Waals surface area (Å²) < 4.78 is 27.6. The van der Waals surface area contributed by atoms with Crippen LogP contribution in [0, 0.1) is 10.1 Å². The summed E-state index contributed by atoms with van der Waals surface area (Å²) in [6.45, 7) is 0. The number of hydrogen-bond donors (Lipinski definition) is 2. The fraction of sp³-hybridized carbons (Fsp3) is 0. The van der Waals surface area contributed by atoms with E-state index in [0.717, 1.165) is 12.1 Å². The van der Waals surface area contributed by atoms with Crippen molar-refractivity contribution >= 4 is 56.2 Å². The van der Waals surface area contributed by atoms with E-state index in [1.54, 1.807) is 24.3 Å². The third-order valence-corrected chi connectivity index (χ3v) is 5.86. The van der Waals surface area contributed by atoms with Crippen molar-refractivity contribution in [3.05, 3.63) is 92.5 Å². The zero-order valence-corrected chi connectivity index (χ0v) is 17.3. The molecule has 0 aliphatic carbocycles. The van der Waals surface area contributed by atoms with Crippen molar-refractivity contribution in [3.63, 3.8) is 0 Å². The van der Waals surface area contributed by atoms with E-state index in [9.17, 15) is 23.3 Å². The molecule has 0 unspecified atom stereocenters. The zero-order valence-electron chi connectivity index (χ0n) is 15.0. The first kappa shape index (κ1) is 21.6. The van der Waals surface area contributed by atoms with E-state index in [0.29, 0.717) is 10.7 Å². The second kappa shape index (κ2) is 8.70. The molecule has 3 rings (SSSR count). The Hall–Kier alpha value is -3.14. The van der Waals surface area contributed by atoms with Crippen molar-refractivity contribution in [2.24, 2.45) is 0 Å². The SMILES string of the molecule is O=C(Nc1ccc(Cl)cc1)c1cc(S(=O)(=O)Nc2cccc([N+](=O)[O-])c2)ccc1Cl. The highest BCUT2D eigenvalue weighted by Gasteiger charge is 2.20. The number of carbonyl (C=O) groups excluding carboxylic acids is 1. The number of nitro benzene ring substituents is 1. The van der Waals surface area contributed by atoms with Crippen molar-refractivity contribution in [1.82, 2.24) is 0 Å². The van der Waals surface area contributed by atoms with Gasteiger partial charge in [-0.1, -0.05) is 29.3 Å². The highest BCUT2D eigenvalue weighted by molar-refractivity contribution is 7.92. The number of carbonyl (C=O) groups is 1. The van der Waals surface area contributed by atoms with Crippen LogP contribution in [0.3, 0.4) is 0 Å². The Balaban J connectivity index is 1.87. The van der Waals surface area contributed by atoms with Crippen LogP contribution in [0.5, 0.6) is 0 Å². The molecule has 0 atom stereocenters. The van der Waals surface area contributed by atoms with Gasteiger partial charge in [-0.25, -0.2) is 8.42 Å². The van der Waals surface area contributed by atoms with Crippen molar-refractivity contribution < 1.29 is 18.1 Å². The van der Waals surface area contributed by atoms with Crippen LogP contribution in [0.15, 0.2) is 71.6 Å². The minimum atomic E-state index is -4.14. The second-order valence-corrected chi connectivity index (χ2v) is 8.54. The Morgan fingerprint density at radius 1 is 0.933 bits per heavy atom. The Kier molecular flexibility index (Phi) is 6.25. The van der Waals surface area contributed by atoms with Gasteiger partial charge in [0.25, 0.3) is 21.6 Å². The molecule has 0 spiro atoms. The quantitative estimate of drug-likeness (QED) is 0.394. The number of sulfonamides is 1. The maximum atomic E-state index is 12.7. The smallest absolute Gasteiger partial charge is 0.271 e. The van der Waals surface area contributed by atoms with Gasteiger partial charge in [0, 0.05) is 22.8 Å². The molecule has 11 heteroatoms. The van der Waals surface area contributed by atoms with Crippen molar-refractivity contribution in [2.45, 2.75) is 4.90 Å². The van der Waals surface area contributed by atoms with Gasteiger partial charge >= 0.3 is 0 Å². The van der Waals surface area contributed by atoms with Gasteiger partial charge in [0.1, 0.15) is 0 Å². The lowest BCUT2D eigenvalue weighted by Gasteiger charge is -2.11. The molecule has 8 nitrogen and oxygen atoms in total. The molecule has 0 radical (unpaired) electrons. The lowest BCUT2D eigenvalue weighted by atomic mass is 10.2. The number of nitrogens with one attached hydrogen (secondary N) is 2. The Labute approximate surface area is 181 Å². The number of benzene rings is 3. The lowest BCUT2D eigenvalue weighted by Crippen LogP contribution is -2.16. The van der Waals surface area contributed by atoms with Gasteiger partial charge in [0.15, 0.2) is 0 Å². The van der Waals surface area contributed by atoms with E-state index in [2.05, 4.69) is 10.0 Å². The van der Waals surface area contributed by atoms with Crippen molar-refractivity contribution in [3.8, 4) is 0 Å². The van der Waals surface area contributed by atoms with Crippen LogP contribution in [-0.2, 0) is 10.0 Å². The molecule has 0 aliphatic rings. The van der Waals surface area contributed by atoms with Crippen LogP contribution in [0.25, 0.3) is 0 Å². The molecular weight excluding hydrogens is 453 g/mol. The van der Waals surface area contributed by atoms with E-state index >= 15 is 0 Å². The minimum absolute atomic E-state index is 0.00585. The van der Waals surface area contributed by atoms with Crippen molar-refractivity contribution in [2.75, 3.05) is 10.0 Å². The van der Waals surface area contributed by atoms with E-state index in [1.165, 1.54) is 30.3 Å². The summed E-state index contributed by atoms with van der Waals surface area (Å²) in [6, 6.07) is 15.0. The molecule has 1 amide bonds. The van der Waals surface area contributed by atoms with Crippen LogP contribution in [0.1, 0.15) is 10.4 Å². The number of nitro groups is 1. The molecule has 2 N–H and O–H groups in total. The number of nitrogens with zero attached hydrogens (tertiary/aromatic N) is 1. The van der Waals surface area contributed by atoms with Gasteiger partial charge in [0.05, 0.1) is 26.1 Å². The minimum Gasteiger partial charge on any atom is -0.322 e. The first-order valence-electron chi connectivity index (χ1n) is 8.29. The van der Waals surface area contributed by atoms with Gasteiger partial charge < -0.3 is 5.32 Å². The van der Waals surface area contributed by atoms with Crippen LogP contribution >= 0.6 is 23.2 Å². The first-order valence-corrected chi connectivity index (χ1v) is 10.5. The molecule has 0 saturated heterocycles. The molecule has 0 bridgehead atoms. The highest BCUT2D eigenvalue weighted by Crippen LogP contribution is 2.25. The van der Waals surface area contributed by atoms with Crippen LogP contribution in [0.2, 0.25) is 10.0 Å². The molecule has 0 aromatic heterocycles. The molecule has 3 aromatic rings. The van der Waals surface area contributed by atoms with Crippen LogP contribution in [-0.4, -0.2) is 19.2 Å². The van der Waals surface area contributed by atoms with E-state index in [4.69, 9.17) is 23.2 Å². The lowest BCUT2D eigenvalue weighted by molar-refractivity contribution is -0.384. The molecular formula is C19H13Cl2N3O5S. The fourth-order valence-corrected chi connectivity index (χ4v) is 3.88. The van der Waals surface area contributed by atoms with Gasteiger partial charge in [-0.05, 0) is 48.5 Å². The summed E-state index contributed by atoms with van der Waals surface area (Å²) >= 11 is 11.9. The highest BCUT2D eigenvalue weighted by atomic mass is 35.5. The topological polar surface area (TPSA) is 118 Å². The monoisotopic (exact) mass is 465 g/mol. The largest absolute Gasteiger partial charge is 0.322 e. The van der Waals surface area contributed by atoms with Gasteiger partial charge in [-0.15, -0.1) is 0 Å². The Bertz CT molecular complexity index is 1230.